The third kappa shape index (κ3) is 4.57. The highest BCUT2D eigenvalue weighted by Crippen LogP contribution is 2.19. The Morgan fingerprint density at radius 3 is 2.41 bits per heavy atom. The number of anilines is 1. The summed E-state index contributed by atoms with van der Waals surface area (Å²) in [5.41, 5.74) is 2.46. The number of hydrogen-bond donors (Lipinski definition) is 0. The summed E-state index contributed by atoms with van der Waals surface area (Å²) in [4.78, 5) is 20.6. The number of allylic oxidation sites excluding steroid dienone is 1. The summed E-state index contributed by atoms with van der Waals surface area (Å²) >= 11 is 0. The largest absolute Gasteiger partial charge is 0.274 e. The second-order valence-corrected chi connectivity index (χ2v) is 9.09. The molecular formula is C23H21N5O3S. The Kier molecular flexibility index (Phi) is 6.09. The van der Waals surface area contributed by atoms with E-state index in [0.717, 1.165) is 15.4 Å². The molecule has 8 nitrogen and oxygen atoms in total. The Balaban J connectivity index is 1.40. The smallest absolute Gasteiger partial charge is 0.267 e. The summed E-state index contributed by atoms with van der Waals surface area (Å²) in [7, 11) is -2.33. The van der Waals surface area contributed by atoms with Crippen LogP contribution in [0, 0.1) is 0 Å². The van der Waals surface area contributed by atoms with Gasteiger partial charge in [0.1, 0.15) is 0 Å². The van der Waals surface area contributed by atoms with E-state index in [0.29, 0.717) is 18.5 Å². The molecule has 0 N–H and O–H groups in total. The maximum absolute atomic E-state index is 12.8. The second-order valence-electron chi connectivity index (χ2n) is 7.12. The zero-order valence-corrected chi connectivity index (χ0v) is 18.2. The monoisotopic (exact) mass is 447 g/mol. The number of nitrogens with zero attached hydrogens (tertiary/aromatic N) is 5. The zero-order valence-electron chi connectivity index (χ0n) is 17.4. The van der Waals surface area contributed by atoms with Crippen molar-refractivity contribution in [2.75, 3.05) is 17.9 Å². The molecule has 1 aromatic heterocycles. The molecule has 0 aliphatic carbocycles. The topological polar surface area (TPSA) is 95.8 Å². The highest BCUT2D eigenvalue weighted by molar-refractivity contribution is 7.92. The number of carbonyl (C=O) groups is 1. The van der Waals surface area contributed by atoms with Gasteiger partial charge in [-0.2, -0.15) is 5.10 Å². The fourth-order valence-corrected chi connectivity index (χ4v) is 4.24. The molecule has 9 heteroatoms. The SMILES string of the molecule is CN(c1ncccn1)S(=O)(=O)c1ccc(C/C=C2\C=NN(C(=O)c3ccccc3)C2)cc1. The number of carbonyl (C=O) groups excluding carboxylic acids is 1. The first-order valence-corrected chi connectivity index (χ1v) is 11.3. The van der Waals surface area contributed by atoms with Gasteiger partial charge in [0.25, 0.3) is 15.9 Å². The van der Waals surface area contributed by atoms with Crippen molar-refractivity contribution in [3.8, 4) is 0 Å². The van der Waals surface area contributed by atoms with Gasteiger partial charge in [0, 0.05) is 25.0 Å². The van der Waals surface area contributed by atoms with E-state index in [1.54, 1.807) is 48.7 Å². The van der Waals surface area contributed by atoms with Crippen LogP contribution in [0.5, 0.6) is 0 Å². The lowest BCUT2D eigenvalue weighted by Crippen LogP contribution is -2.28. The van der Waals surface area contributed by atoms with Crippen LogP contribution in [0.2, 0.25) is 0 Å². The van der Waals surface area contributed by atoms with Crippen LogP contribution in [0.25, 0.3) is 0 Å². The zero-order chi connectivity index (χ0) is 22.6. The van der Waals surface area contributed by atoms with Gasteiger partial charge in [0.15, 0.2) is 0 Å². The van der Waals surface area contributed by atoms with Gasteiger partial charge < -0.3 is 0 Å². The van der Waals surface area contributed by atoms with E-state index in [1.807, 2.05) is 24.3 Å². The van der Waals surface area contributed by atoms with Crippen LogP contribution in [0.4, 0.5) is 5.95 Å². The Morgan fingerprint density at radius 2 is 1.72 bits per heavy atom. The van der Waals surface area contributed by atoms with Crippen LogP contribution in [-0.2, 0) is 16.4 Å². The van der Waals surface area contributed by atoms with Crippen LogP contribution in [0.1, 0.15) is 15.9 Å². The predicted molar refractivity (Wildman–Crippen MR) is 122 cm³/mol. The number of sulfonamides is 1. The van der Waals surface area contributed by atoms with Crippen molar-refractivity contribution in [3.05, 3.63) is 95.8 Å². The van der Waals surface area contributed by atoms with Crippen molar-refractivity contribution >= 4 is 28.1 Å². The minimum atomic E-state index is -3.75. The molecule has 3 aromatic rings. The lowest BCUT2D eigenvalue weighted by molar-refractivity contribution is 0.0785. The number of amides is 1. The van der Waals surface area contributed by atoms with E-state index in [-0.39, 0.29) is 16.8 Å². The van der Waals surface area contributed by atoms with Crippen molar-refractivity contribution in [3.63, 3.8) is 0 Å². The Labute approximate surface area is 186 Å². The molecule has 0 radical (unpaired) electrons. The average Bonchev–Trinajstić information content (AvgIpc) is 3.32. The molecule has 0 atom stereocenters. The standard InChI is InChI=1S/C23H21N5O3S/c1-27(23-24-14-5-15-25-23)32(30,31)21-12-10-18(11-13-21)8-9-19-16-26-28(17-19)22(29)20-6-3-2-4-7-20/h2-7,9-16H,8,17H2,1H3/b19-9+. The first kappa shape index (κ1) is 21.4. The molecule has 162 valence electrons. The summed E-state index contributed by atoms with van der Waals surface area (Å²) in [5.74, 6) is -0.0391. The van der Waals surface area contributed by atoms with Crippen molar-refractivity contribution in [1.82, 2.24) is 15.0 Å². The van der Waals surface area contributed by atoms with Gasteiger partial charge in [-0.25, -0.2) is 27.7 Å². The van der Waals surface area contributed by atoms with Gasteiger partial charge in [-0.05, 0) is 47.9 Å². The maximum atomic E-state index is 12.8. The molecule has 2 aromatic carbocycles. The summed E-state index contributed by atoms with van der Waals surface area (Å²) in [6.07, 6.45) is 7.23. The van der Waals surface area contributed by atoms with Gasteiger partial charge in [0.2, 0.25) is 5.95 Å². The van der Waals surface area contributed by atoms with E-state index in [9.17, 15) is 13.2 Å². The molecule has 1 aliphatic rings. The van der Waals surface area contributed by atoms with Gasteiger partial charge in [-0.1, -0.05) is 36.4 Å². The lowest BCUT2D eigenvalue weighted by Gasteiger charge is -2.17. The molecule has 1 aliphatic heterocycles. The van der Waals surface area contributed by atoms with E-state index in [4.69, 9.17) is 0 Å². The van der Waals surface area contributed by atoms with Crippen LogP contribution in [-0.4, -0.2) is 49.1 Å². The number of aromatic nitrogens is 2. The summed E-state index contributed by atoms with van der Waals surface area (Å²) < 4.78 is 26.7. The Hall–Kier alpha value is -3.85. The van der Waals surface area contributed by atoms with E-state index >= 15 is 0 Å². The molecule has 0 saturated carbocycles. The first-order valence-electron chi connectivity index (χ1n) is 9.90. The molecule has 32 heavy (non-hydrogen) atoms. The van der Waals surface area contributed by atoms with Crippen molar-refractivity contribution in [2.45, 2.75) is 11.3 Å². The maximum Gasteiger partial charge on any atom is 0.274 e. The van der Waals surface area contributed by atoms with Crippen molar-refractivity contribution in [2.24, 2.45) is 5.10 Å². The highest BCUT2D eigenvalue weighted by atomic mass is 32.2. The second kappa shape index (κ2) is 9.11. The molecule has 4 rings (SSSR count). The number of benzene rings is 2. The fraction of sp³-hybridized carbons (Fsp3) is 0.130. The Morgan fingerprint density at radius 1 is 1.03 bits per heavy atom. The molecule has 2 heterocycles. The molecule has 0 saturated heterocycles. The van der Waals surface area contributed by atoms with Gasteiger partial charge in [-0.3, -0.25) is 4.79 Å². The predicted octanol–water partition coefficient (Wildman–Crippen LogP) is 2.91. The van der Waals surface area contributed by atoms with E-state index < -0.39 is 10.0 Å². The van der Waals surface area contributed by atoms with Crippen LogP contribution >= 0.6 is 0 Å². The van der Waals surface area contributed by atoms with Gasteiger partial charge >= 0.3 is 0 Å². The normalized spacial score (nSPS) is 14.7. The van der Waals surface area contributed by atoms with E-state index in [1.165, 1.54) is 24.5 Å². The van der Waals surface area contributed by atoms with Crippen LogP contribution in [0.3, 0.4) is 0 Å². The van der Waals surface area contributed by atoms with Crippen LogP contribution < -0.4 is 4.31 Å². The number of hydrogen-bond acceptors (Lipinski definition) is 6. The molecule has 0 fully saturated rings. The molecule has 0 bridgehead atoms. The third-order valence-electron chi connectivity index (χ3n) is 4.97. The number of rotatable bonds is 6. The van der Waals surface area contributed by atoms with Crippen LogP contribution in [0.15, 0.2) is 94.7 Å². The first-order chi connectivity index (χ1) is 15.4. The Bertz CT molecular complexity index is 1260. The summed E-state index contributed by atoms with van der Waals surface area (Å²) in [6.45, 7) is 0.405. The average molecular weight is 448 g/mol. The minimum absolute atomic E-state index is 0.108. The van der Waals surface area contributed by atoms with Crippen molar-refractivity contribution in [1.29, 1.82) is 0 Å². The minimum Gasteiger partial charge on any atom is -0.267 e. The fourth-order valence-electron chi connectivity index (χ4n) is 3.14. The molecule has 0 unspecified atom stereocenters. The molecule has 1 amide bonds. The van der Waals surface area contributed by atoms with Gasteiger partial charge in [0.05, 0.1) is 17.7 Å². The number of hydrazone groups is 1. The highest BCUT2D eigenvalue weighted by Gasteiger charge is 2.23. The summed E-state index contributed by atoms with van der Waals surface area (Å²) in [5, 5.41) is 5.62. The molecular weight excluding hydrogens is 426 g/mol. The third-order valence-corrected chi connectivity index (χ3v) is 6.72. The van der Waals surface area contributed by atoms with Crippen molar-refractivity contribution < 1.29 is 13.2 Å². The summed E-state index contributed by atoms with van der Waals surface area (Å²) in [6, 6.07) is 17.3. The van der Waals surface area contributed by atoms with Gasteiger partial charge in [-0.15, -0.1) is 0 Å². The quantitative estimate of drug-likeness (QED) is 0.579. The van der Waals surface area contributed by atoms with E-state index in [2.05, 4.69) is 15.1 Å². The lowest BCUT2D eigenvalue weighted by atomic mass is 10.1. The molecule has 0 spiro atoms.